The van der Waals surface area contributed by atoms with Crippen LogP contribution in [0.25, 0.3) is 20.5 Å². The molecule has 0 unspecified atom stereocenters. The molecule has 30 heavy (non-hydrogen) atoms. The summed E-state index contributed by atoms with van der Waals surface area (Å²) in [6.45, 7) is 0. The smallest absolute Gasteiger partial charge is 0.325 e. The highest BCUT2D eigenvalue weighted by atomic mass is 32.2. The molecule has 0 amide bonds. The Morgan fingerprint density at radius 2 is 1.77 bits per heavy atom. The van der Waals surface area contributed by atoms with Crippen molar-refractivity contribution >= 4 is 48.8 Å². The van der Waals surface area contributed by atoms with Crippen molar-refractivity contribution in [1.82, 2.24) is 4.72 Å². The Kier molecular flexibility index (Phi) is 4.55. The predicted octanol–water partition coefficient (Wildman–Crippen LogP) is 4.92. The first-order valence-electron chi connectivity index (χ1n) is 9.29. The van der Waals surface area contributed by atoms with E-state index in [1.54, 1.807) is 23.5 Å². The molecule has 2 heterocycles. The van der Waals surface area contributed by atoms with Crippen molar-refractivity contribution in [2.45, 2.75) is 22.1 Å². The highest BCUT2D eigenvalue weighted by Gasteiger charge is 2.63. The van der Waals surface area contributed by atoms with Crippen molar-refractivity contribution in [2.24, 2.45) is 0 Å². The molecule has 1 aliphatic rings. The zero-order valence-corrected chi connectivity index (χ0v) is 18.1. The minimum absolute atomic E-state index is 0.118. The molecule has 5 rings (SSSR count). The van der Waals surface area contributed by atoms with Crippen LogP contribution < -0.4 is 4.72 Å². The fourth-order valence-electron chi connectivity index (χ4n) is 3.81. The number of fused-ring (bicyclic) bond motifs is 1. The Labute approximate surface area is 181 Å². The van der Waals surface area contributed by atoms with E-state index in [0.29, 0.717) is 0 Å². The van der Waals surface area contributed by atoms with Crippen molar-refractivity contribution < 1.29 is 18.3 Å². The Balaban J connectivity index is 1.45. The number of sulfonamides is 1. The van der Waals surface area contributed by atoms with Gasteiger partial charge in [-0.25, -0.2) is 8.42 Å². The lowest BCUT2D eigenvalue weighted by atomic mass is 10.1. The van der Waals surface area contributed by atoms with Gasteiger partial charge in [0, 0.05) is 31.8 Å². The first-order chi connectivity index (χ1) is 14.4. The second-order valence-electron chi connectivity index (χ2n) is 7.31. The van der Waals surface area contributed by atoms with Gasteiger partial charge >= 0.3 is 5.97 Å². The van der Waals surface area contributed by atoms with Crippen LogP contribution in [0.4, 0.5) is 0 Å². The summed E-state index contributed by atoms with van der Waals surface area (Å²) in [7, 11) is -3.97. The molecular formula is C22H17NO4S3. The highest BCUT2D eigenvalue weighted by Crippen LogP contribution is 2.52. The van der Waals surface area contributed by atoms with Gasteiger partial charge in [0.1, 0.15) is 9.75 Å². The summed E-state index contributed by atoms with van der Waals surface area (Å²) in [5.74, 6) is -1.54. The molecule has 0 bridgehead atoms. The number of rotatable bonds is 6. The van der Waals surface area contributed by atoms with Crippen LogP contribution >= 0.6 is 22.7 Å². The highest BCUT2D eigenvalue weighted by molar-refractivity contribution is 7.91. The predicted molar refractivity (Wildman–Crippen MR) is 120 cm³/mol. The van der Waals surface area contributed by atoms with Gasteiger partial charge in [-0.15, -0.1) is 22.7 Å². The van der Waals surface area contributed by atoms with Gasteiger partial charge in [0.25, 0.3) is 10.0 Å². The molecular weight excluding hydrogens is 438 g/mol. The summed E-state index contributed by atoms with van der Waals surface area (Å²) in [6.07, 6.45) is 0.235. The van der Waals surface area contributed by atoms with Crippen LogP contribution in [0.15, 0.2) is 76.3 Å². The van der Waals surface area contributed by atoms with E-state index in [4.69, 9.17) is 0 Å². The SMILES string of the molecule is O=C(O)[C@]1(NS(=O)(=O)c2ccc(-c3csc4ccccc34)s2)C[C@H]1c1ccccc1. The van der Waals surface area contributed by atoms with E-state index in [-0.39, 0.29) is 16.5 Å². The third-order valence-electron chi connectivity index (χ3n) is 5.45. The summed E-state index contributed by atoms with van der Waals surface area (Å²) < 4.78 is 29.9. The molecule has 4 aromatic rings. The van der Waals surface area contributed by atoms with E-state index < -0.39 is 21.5 Å². The number of carboxylic acid groups (broad SMARTS) is 1. The zero-order chi connectivity index (χ0) is 20.9. The molecule has 0 radical (unpaired) electrons. The maximum absolute atomic E-state index is 13.1. The lowest BCUT2D eigenvalue weighted by molar-refractivity contribution is -0.140. The Morgan fingerprint density at radius 1 is 1.03 bits per heavy atom. The Morgan fingerprint density at radius 3 is 2.53 bits per heavy atom. The van der Waals surface area contributed by atoms with Crippen molar-refractivity contribution in [2.75, 3.05) is 0 Å². The number of aliphatic carboxylic acids is 1. The van der Waals surface area contributed by atoms with Gasteiger partial charge in [0.2, 0.25) is 0 Å². The molecule has 8 heteroatoms. The van der Waals surface area contributed by atoms with E-state index in [1.807, 2.05) is 60.0 Å². The van der Waals surface area contributed by atoms with Gasteiger partial charge < -0.3 is 5.11 Å². The average molecular weight is 456 g/mol. The van der Waals surface area contributed by atoms with Gasteiger partial charge in [-0.2, -0.15) is 4.72 Å². The fraction of sp³-hybridized carbons (Fsp3) is 0.136. The molecule has 1 fully saturated rings. The van der Waals surface area contributed by atoms with Crippen molar-refractivity contribution in [3.63, 3.8) is 0 Å². The number of thiophene rings is 2. The molecule has 152 valence electrons. The second kappa shape index (κ2) is 7.02. The number of carboxylic acids is 1. The van der Waals surface area contributed by atoms with E-state index >= 15 is 0 Å². The molecule has 0 spiro atoms. The van der Waals surface area contributed by atoms with Crippen LogP contribution in [-0.4, -0.2) is 25.0 Å². The van der Waals surface area contributed by atoms with E-state index in [1.165, 1.54) is 0 Å². The third kappa shape index (κ3) is 3.16. The lowest BCUT2D eigenvalue weighted by Gasteiger charge is -2.14. The van der Waals surface area contributed by atoms with Gasteiger partial charge in [0.15, 0.2) is 0 Å². The quantitative estimate of drug-likeness (QED) is 0.432. The van der Waals surface area contributed by atoms with Gasteiger partial charge in [-0.3, -0.25) is 4.79 Å². The van der Waals surface area contributed by atoms with E-state index in [9.17, 15) is 18.3 Å². The summed E-state index contributed by atoms with van der Waals surface area (Å²) in [5.41, 5.74) is 0.308. The monoisotopic (exact) mass is 455 g/mol. The third-order valence-corrected chi connectivity index (χ3v) is 9.54. The first kappa shape index (κ1) is 19.4. The van der Waals surface area contributed by atoms with Crippen LogP contribution in [-0.2, 0) is 14.8 Å². The molecule has 1 aliphatic carbocycles. The van der Waals surface area contributed by atoms with Gasteiger partial charge in [-0.1, -0.05) is 48.5 Å². The standard InChI is InChI=1S/C22H17NO4S3/c24-21(25)22(12-17(22)14-6-2-1-3-7-14)23-30(26,27)20-11-10-19(29-20)16-13-28-18-9-5-4-8-15(16)18/h1-11,13,17,23H,12H2,(H,24,25)/t17-,22-/m0/s1. The molecule has 1 saturated carbocycles. The Bertz CT molecular complexity index is 1360. The van der Waals surface area contributed by atoms with E-state index in [0.717, 1.165) is 37.4 Å². The van der Waals surface area contributed by atoms with Crippen LogP contribution in [0.1, 0.15) is 17.9 Å². The van der Waals surface area contributed by atoms with Crippen LogP contribution in [0.5, 0.6) is 0 Å². The van der Waals surface area contributed by atoms with Crippen LogP contribution in [0.2, 0.25) is 0 Å². The molecule has 2 N–H and O–H groups in total. The molecule has 2 atom stereocenters. The molecule has 0 saturated heterocycles. The molecule has 5 nitrogen and oxygen atoms in total. The summed E-state index contributed by atoms with van der Waals surface area (Å²) in [5, 5.41) is 12.9. The number of hydrogen-bond acceptors (Lipinski definition) is 5. The second-order valence-corrected chi connectivity index (χ2v) is 11.2. The summed E-state index contributed by atoms with van der Waals surface area (Å²) in [4.78, 5) is 12.8. The van der Waals surface area contributed by atoms with Crippen molar-refractivity contribution in [3.05, 3.63) is 77.7 Å². The number of benzene rings is 2. The molecule has 0 aliphatic heterocycles. The maximum Gasteiger partial charge on any atom is 0.325 e. The fourth-order valence-corrected chi connectivity index (χ4v) is 7.59. The summed E-state index contributed by atoms with van der Waals surface area (Å²) in [6, 6.07) is 20.5. The largest absolute Gasteiger partial charge is 0.480 e. The Hall–Kier alpha value is -2.52. The molecule has 2 aromatic heterocycles. The first-order valence-corrected chi connectivity index (χ1v) is 12.5. The maximum atomic E-state index is 13.1. The van der Waals surface area contributed by atoms with Gasteiger partial charge in [0.05, 0.1) is 0 Å². The van der Waals surface area contributed by atoms with Crippen molar-refractivity contribution in [3.8, 4) is 10.4 Å². The minimum Gasteiger partial charge on any atom is -0.480 e. The summed E-state index contributed by atoms with van der Waals surface area (Å²) >= 11 is 2.76. The number of nitrogens with one attached hydrogen (secondary N) is 1. The molecule has 2 aromatic carbocycles. The number of carbonyl (C=O) groups is 1. The zero-order valence-electron chi connectivity index (χ0n) is 15.6. The lowest BCUT2D eigenvalue weighted by Crippen LogP contribution is -2.44. The average Bonchev–Trinajstić information content (AvgIpc) is 3.07. The van der Waals surface area contributed by atoms with Crippen LogP contribution in [0.3, 0.4) is 0 Å². The topological polar surface area (TPSA) is 83.5 Å². The van der Waals surface area contributed by atoms with Crippen LogP contribution in [0, 0.1) is 0 Å². The van der Waals surface area contributed by atoms with Crippen molar-refractivity contribution in [1.29, 1.82) is 0 Å². The normalized spacial score (nSPS) is 21.0. The van der Waals surface area contributed by atoms with Gasteiger partial charge in [-0.05, 0) is 30.2 Å². The van der Waals surface area contributed by atoms with E-state index in [2.05, 4.69) is 4.72 Å². The number of hydrogen-bond donors (Lipinski definition) is 2. The minimum atomic E-state index is -3.97.